The van der Waals surface area contributed by atoms with Gasteiger partial charge in [0.25, 0.3) is 5.91 Å². The van der Waals surface area contributed by atoms with E-state index in [1.54, 1.807) is 4.57 Å². The number of carbonyl (C=O) groups excluding carboxylic acids is 2. The second-order valence-electron chi connectivity index (χ2n) is 9.57. The van der Waals surface area contributed by atoms with Crippen molar-refractivity contribution >= 4 is 17.8 Å². The molecule has 36 heavy (non-hydrogen) atoms. The van der Waals surface area contributed by atoms with Gasteiger partial charge in [0.1, 0.15) is 11.7 Å². The van der Waals surface area contributed by atoms with Gasteiger partial charge in [-0.15, -0.1) is 0 Å². The summed E-state index contributed by atoms with van der Waals surface area (Å²) in [5.74, 6) is -0.978. The van der Waals surface area contributed by atoms with Gasteiger partial charge in [-0.25, -0.2) is 4.98 Å². The molecule has 1 atom stereocenters. The highest BCUT2D eigenvalue weighted by Gasteiger charge is 2.22. The Hall–Kier alpha value is -3.20. The number of aliphatic hydroxyl groups is 1. The number of aliphatic hydroxyl groups excluding tert-OH is 1. The molecule has 1 fully saturated rings. The number of carbonyl (C=O) groups is 3. The Morgan fingerprint density at radius 1 is 1.08 bits per heavy atom. The third-order valence-corrected chi connectivity index (χ3v) is 6.88. The molecule has 1 aliphatic rings. The van der Waals surface area contributed by atoms with E-state index in [1.807, 2.05) is 24.3 Å². The topological polar surface area (TPSA) is 134 Å². The van der Waals surface area contributed by atoms with Crippen LogP contribution in [0.5, 0.6) is 0 Å². The van der Waals surface area contributed by atoms with Crippen molar-refractivity contribution in [3.05, 3.63) is 53.6 Å². The van der Waals surface area contributed by atoms with Crippen molar-refractivity contribution in [2.24, 2.45) is 5.92 Å². The number of aromatic nitrogens is 2. The molecule has 3 rings (SSSR count). The number of nitrogens with zero attached hydrogens (tertiary/aromatic N) is 2. The summed E-state index contributed by atoms with van der Waals surface area (Å²) in [7, 11) is 0. The Bertz CT molecular complexity index is 1000. The van der Waals surface area contributed by atoms with Gasteiger partial charge in [-0.3, -0.25) is 14.4 Å². The van der Waals surface area contributed by atoms with Gasteiger partial charge in [-0.05, 0) is 29.9 Å². The van der Waals surface area contributed by atoms with Crippen LogP contribution >= 0.6 is 0 Å². The van der Waals surface area contributed by atoms with Crippen LogP contribution in [0.25, 0.3) is 0 Å². The van der Waals surface area contributed by atoms with Gasteiger partial charge in [-0.2, -0.15) is 0 Å². The van der Waals surface area contributed by atoms with Crippen LogP contribution in [0.4, 0.5) is 0 Å². The van der Waals surface area contributed by atoms with Crippen LogP contribution in [0.15, 0.2) is 36.8 Å². The number of aryl methyl sites for hydroxylation is 1. The first-order chi connectivity index (χ1) is 17.5. The maximum Gasteiger partial charge on any atom is 0.303 e. The van der Waals surface area contributed by atoms with Crippen LogP contribution in [0.3, 0.4) is 0 Å². The Morgan fingerprint density at radius 2 is 1.83 bits per heavy atom. The van der Waals surface area contributed by atoms with Gasteiger partial charge >= 0.3 is 5.97 Å². The maximum absolute atomic E-state index is 12.9. The normalized spacial score (nSPS) is 14.8. The quantitative estimate of drug-likeness (QED) is 0.296. The first-order valence-corrected chi connectivity index (χ1v) is 13.0. The van der Waals surface area contributed by atoms with Gasteiger partial charge in [0.05, 0.1) is 19.1 Å². The van der Waals surface area contributed by atoms with E-state index in [0.29, 0.717) is 19.5 Å². The smallest absolute Gasteiger partial charge is 0.303 e. The summed E-state index contributed by atoms with van der Waals surface area (Å²) in [6, 6.07) is 6.41. The number of imidazole rings is 1. The average Bonchev–Trinajstić information content (AvgIpc) is 3.35. The van der Waals surface area contributed by atoms with Crippen LogP contribution in [-0.2, 0) is 22.6 Å². The lowest BCUT2D eigenvalue weighted by atomic mass is 9.86. The summed E-state index contributed by atoms with van der Waals surface area (Å²) in [5, 5.41) is 24.1. The van der Waals surface area contributed by atoms with E-state index >= 15 is 0 Å². The Balaban J connectivity index is 1.50. The fraction of sp³-hybridized carbons (Fsp3) is 0.556. The van der Waals surface area contributed by atoms with E-state index in [9.17, 15) is 19.5 Å². The van der Waals surface area contributed by atoms with Crippen LogP contribution < -0.4 is 10.6 Å². The summed E-state index contributed by atoms with van der Waals surface area (Å²) in [6.45, 7) is 0.338. The van der Waals surface area contributed by atoms with Crippen molar-refractivity contribution in [3.63, 3.8) is 0 Å². The number of amides is 2. The van der Waals surface area contributed by atoms with E-state index in [2.05, 4.69) is 15.6 Å². The molecule has 0 saturated heterocycles. The number of hydrogen-bond donors (Lipinski definition) is 4. The number of unbranched alkanes of at least 4 members (excludes halogenated alkanes) is 1. The van der Waals surface area contributed by atoms with Gasteiger partial charge in [0, 0.05) is 19.5 Å². The molecule has 2 aromatic rings. The SMILES string of the molecule is O=C(O)CCc1ccccc1Cn1cncc1C(=O)NC(CO)C(=O)NCCCCC1CCCCC1. The Labute approximate surface area is 212 Å². The van der Waals surface area contributed by atoms with E-state index in [0.717, 1.165) is 29.9 Å². The summed E-state index contributed by atoms with van der Waals surface area (Å²) in [6.07, 6.45) is 13.1. The number of carboxylic acid groups (broad SMARTS) is 1. The summed E-state index contributed by atoms with van der Waals surface area (Å²) >= 11 is 0. The molecule has 0 radical (unpaired) electrons. The van der Waals surface area contributed by atoms with Crippen LogP contribution in [0, 0.1) is 5.92 Å². The lowest BCUT2D eigenvalue weighted by Crippen LogP contribution is -2.49. The minimum atomic E-state index is -1.05. The number of nitrogens with one attached hydrogen (secondary N) is 2. The summed E-state index contributed by atoms with van der Waals surface area (Å²) in [5.41, 5.74) is 2.02. The lowest BCUT2D eigenvalue weighted by Gasteiger charge is -2.21. The molecule has 2 amide bonds. The number of benzene rings is 1. The van der Waals surface area contributed by atoms with Crippen molar-refractivity contribution in [1.29, 1.82) is 0 Å². The highest BCUT2D eigenvalue weighted by atomic mass is 16.4. The number of hydrogen-bond acceptors (Lipinski definition) is 5. The van der Waals surface area contributed by atoms with Crippen molar-refractivity contribution in [1.82, 2.24) is 20.2 Å². The molecule has 0 bridgehead atoms. The van der Waals surface area contributed by atoms with E-state index in [4.69, 9.17) is 5.11 Å². The first kappa shape index (κ1) is 27.4. The standard InChI is InChI=1S/C27H38N4O5/c32-18-23(26(35)29-15-7-6-10-20-8-2-1-3-9-20)30-27(36)24-16-28-19-31(24)17-22-12-5-4-11-21(22)13-14-25(33)34/h4-5,11-12,16,19-20,23,32H,1-3,6-10,13-15,17-18H2,(H,29,35)(H,30,36)(H,33,34). The molecule has 0 spiro atoms. The van der Waals surface area contributed by atoms with E-state index in [-0.39, 0.29) is 12.1 Å². The lowest BCUT2D eigenvalue weighted by molar-refractivity contribution is -0.137. The average molecular weight is 499 g/mol. The second kappa shape index (κ2) is 14.4. The maximum atomic E-state index is 12.9. The molecule has 9 nitrogen and oxygen atoms in total. The van der Waals surface area contributed by atoms with Gasteiger partial charge < -0.3 is 25.4 Å². The van der Waals surface area contributed by atoms with Gasteiger partial charge in [0.15, 0.2) is 0 Å². The summed E-state index contributed by atoms with van der Waals surface area (Å²) in [4.78, 5) is 40.5. The van der Waals surface area contributed by atoms with Crippen LogP contribution in [0.2, 0.25) is 0 Å². The molecule has 1 aromatic heterocycles. The van der Waals surface area contributed by atoms with Crippen molar-refractivity contribution < 1.29 is 24.6 Å². The van der Waals surface area contributed by atoms with E-state index in [1.165, 1.54) is 51.0 Å². The number of carboxylic acids is 1. The predicted molar refractivity (Wildman–Crippen MR) is 136 cm³/mol. The fourth-order valence-electron chi connectivity index (χ4n) is 4.81. The minimum absolute atomic E-state index is 0.0160. The minimum Gasteiger partial charge on any atom is -0.481 e. The largest absolute Gasteiger partial charge is 0.481 e. The molecule has 1 aromatic carbocycles. The Morgan fingerprint density at radius 3 is 2.56 bits per heavy atom. The van der Waals surface area contributed by atoms with E-state index < -0.39 is 30.4 Å². The fourth-order valence-corrected chi connectivity index (χ4v) is 4.81. The predicted octanol–water partition coefficient (Wildman–Crippen LogP) is 2.91. The van der Waals surface area contributed by atoms with Crippen LogP contribution in [0.1, 0.15) is 79.4 Å². The zero-order valence-corrected chi connectivity index (χ0v) is 20.8. The monoisotopic (exact) mass is 498 g/mol. The van der Waals surface area contributed by atoms with Crippen molar-refractivity contribution in [2.45, 2.75) is 76.8 Å². The molecule has 1 heterocycles. The first-order valence-electron chi connectivity index (χ1n) is 13.0. The summed E-state index contributed by atoms with van der Waals surface area (Å²) < 4.78 is 1.65. The molecule has 9 heteroatoms. The van der Waals surface area contributed by atoms with Gasteiger partial charge in [-0.1, -0.05) is 69.2 Å². The molecule has 4 N–H and O–H groups in total. The molecule has 196 valence electrons. The molecule has 1 unspecified atom stereocenters. The number of aliphatic carboxylic acids is 1. The second-order valence-corrected chi connectivity index (χ2v) is 9.57. The molecule has 1 saturated carbocycles. The van der Waals surface area contributed by atoms with Crippen molar-refractivity contribution in [2.75, 3.05) is 13.2 Å². The molecular formula is C27H38N4O5. The van der Waals surface area contributed by atoms with Gasteiger partial charge in [0.2, 0.25) is 5.91 Å². The zero-order chi connectivity index (χ0) is 25.8. The third-order valence-electron chi connectivity index (χ3n) is 6.88. The third kappa shape index (κ3) is 8.48. The molecule has 0 aliphatic heterocycles. The highest BCUT2D eigenvalue weighted by Crippen LogP contribution is 2.27. The molecular weight excluding hydrogens is 460 g/mol. The number of rotatable bonds is 14. The zero-order valence-electron chi connectivity index (χ0n) is 20.8. The van der Waals surface area contributed by atoms with Crippen molar-refractivity contribution in [3.8, 4) is 0 Å². The Kier molecular flexibility index (Phi) is 10.9. The molecule has 1 aliphatic carbocycles. The van der Waals surface area contributed by atoms with Crippen LogP contribution in [-0.4, -0.2) is 56.7 Å². The highest BCUT2D eigenvalue weighted by molar-refractivity contribution is 5.96.